The number of piperazine rings is 1. The first-order valence-corrected chi connectivity index (χ1v) is 7.92. The molecule has 0 spiro atoms. The molecule has 2 saturated heterocycles. The van der Waals surface area contributed by atoms with E-state index in [1.54, 1.807) is 0 Å². The lowest BCUT2D eigenvalue weighted by Gasteiger charge is -2.45. The van der Waals surface area contributed by atoms with Crippen LogP contribution in [-0.2, 0) is 4.74 Å². The molecule has 0 aromatic carbocycles. The van der Waals surface area contributed by atoms with Crippen molar-refractivity contribution < 1.29 is 4.74 Å². The van der Waals surface area contributed by atoms with Crippen molar-refractivity contribution >= 4 is 0 Å². The van der Waals surface area contributed by atoms with Gasteiger partial charge in [0.25, 0.3) is 0 Å². The van der Waals surface area contributed by atoms with Crippen LogP contribution in [0.15, 0.2) is 0 Å². The number of ether oxygens (including phenoxy) is 1. The quantitative estimate of drug-likeness (QED) is 0.807. The third kappa shape index (κ3) is 4.15. The lowest BCUT2D eigenvalue weighted by atomic mass is 9.85. The monoisotopic (exact) mass is 269 g/mol. The van der Waals surface area contributed by atoms with Gasteiger partial charge in [-0.3, -0.25) is 4.90 Å². The Bertz CT molecular complexity index is 256. The predicted molar refractivity (Wildman–Crippen MR) is 79.5 cm³/mol. The molecule has 2 atom stereocenters. The van der Waals surface area contributed by atoms with Gasteiger partial charge in [-0.2, -0.15) is 0 Å². The molecule has 4 heteroatoms. The van der Waals surface area contributed by atoms with E-state index in [2.05, 4.69) is 36.1 Å². The highest BCUT2D eigenvalue weighted by atomic mass is 16.5. The lowest BCUT2D eigenvalue weighted by molar-refractivity contribution is 0.0183. The molecule has 4 nitrogen and oxygen atoms in total. The maximum absolute atomic E-state index is 5.54. The van der Waals surface area contributed by atoms with Crippen molar-refractivity contribution in [2.24, 2.45) is 5.92 Å². The van der Waals surface area contributed by atoms with Crippen molar-refractivity contribution in [3.8, 4) is 0 Å². The minimum absolute atomic E-state index is 0.622. The second-order valence-corrected chi connectivity index (χ2v) is 6.24. The van der Waals surface area contributed by atoms with E-state index in [0.717, 1.165) is 25.7 Å². The molecule has 0 aromatic heterocycles. The van der Waals surface area contributed by atoms with E-state index in [-0.39, 0.29) is 0 Å². The Labute approximate surface area is 118 Å². The van der Waals surface area contributed by atoms with Crippen LogP contribution in [0.25, 0.3) is 0 Å². The molecule has 2 rings (SSSR count). The fourth-order valence-corrected chi connectivity index (χ4v) is 3.43. The second kappa shape index (κ2) is 7.58. The summed E-state index contributed by atoms with van der Waals surface area (Å²) in [4.78, 5) is 5.04. The third-order valence-electron chi connectivity index (χ3n) is 4.72. The minimum Gasteiger partial charge on any atom is -0.381 e. The van der Waals surface area contributed by atoms with Gasteiger partial charge >= 0.3 is 0 Å². The van der Waals surface area contributed by atoms with Crippen LogP contribution < -0.4 is 5.32 Å². The molecule has 19 heavy (non-hydrogen) atoms. The molecule has 2 fully saturated rings. The number of hydrogen-bond acceptors (Lipinski definition) is 4. The van der Waals surface area contributed by atoms with Gasteiger partial charge in [0.1, 0.15) is 0 Å². The largest absolute Gasteiger partial charge is 0.381 e. The van der Waals surface area contributed by atoms with Crippen molar-refractivity contribution in [1.82, 2.24) is 15.1 Å². The van der Waals surface area contributed by atoms with E-state index in [9.17, 15) is 0 Å². The zero-order valence-corrected chi connectivity index (χ0v) is 12.9. The standard InChI is InChI=1S/C15H31N3O/c1-4-7-16-15(13-5-10-19-11-6-13)14-12-17(2)8-9-18(14)3/h13-16H,4-12H2,1-3H3. The van der Waals surface area contributed by atoms with Crippen LogP contribution in [-0.4, -0.2) is 75.4 Å². The molecular weight excluding hydrogens is 238 g/mol. The number of rotatable bonds is 5. The molecule has 0 aromatic rings. The molecule has 0 bridgehead atoms. The van der Waals surface area contributed by atoms with Gasteiger partial charge in [0.2, 0.25) is 0 Å². The van der Waals surface area contributed by atoms with Gasteiger partial charge in [-0.15, -0.1) is 0 Å². The first kappa shape index (κ1) is 15.2. The molecule has 0 radical (unpaired) electrons. The molecule has 2 aliphatic heterocycles. The SMILES string of the molecule is CCCNC(C1CCOCC1)C1CN(C)CCN1C. The molecule has 112 valence electrons. The summed E-state index contributed by atoms with van der Waals surface area (Å²) in [5.41, 5.74) is 0. The number of nitrogens with zero attached hydrogens (tertiary/aromatic N) is 2. The van der Waals surface area contributed by atoms with Crippen molar-refractivity contribution in [3.05, 3.63) is 0 Å². The van der Waals surface area contributed by atoms with Crippen LogP contribution in [0, 0.1) is 5.92 Å². The van der Waals surface area contributed by atoms with Gasteiger partial charge in [-0.25, -0.2) is 0 Å². The molecule has 0 amide bonds. The maximum atomic E-state index is 5.54. The Morgan fingerprint density at radius 3 is 2.63 bits per heavy atom. The summed E-state index contributed by atoms with van der Waals surface area (Å²) in [7, 11) is 4.54. The Morgan fingerprint density at radius 2 is 1.95 bits per heavy atom. The summed E-state index contributed by atoms with van der Waals surface area (Å²) < 4.78 is 5.54. The van der Waals surface area contributed by atoms with Crippen molar-refractivity contribution in [2.45, 2.75) is 38.3 Å². The summed E-state index contributed by atoms with van der Waals surface area (Å²) in [5.74, 6) is 0.777. The minimum atomic E-state index is 0.622. The topological polar surface area (TPSA) is 27.7 Å². The third-order valence-corrected chi connectivity index (χ3v) is 4.72. The summed E-state index contributed by atoms with van der Waals surface area (Å²) in [5, 5.41) is 3.84. The molecule has 2 unspecified atom stereocenters. The maximum Gasteiger partial charge on any atom is 0.0469 e. The summed E-state index contributed by atoms with van der Waals surface area (Å²) >= 11 is 0. The average Bonchev–Trinajstić information content (AvgIpc) is 2.44. The number of likely N-dealkylation sites (N-methyl/N-ethyl adjacent to an activating group) is 2. The highest BCUT2D eigenvalue weighted by Gasteiger charge is 2.35. The highest BCUT2D eigenvalue weighted by Crippen LogP contribution is 2.24. The molecular formula is C15H31N3O. The zero-order chi connectivity index (χ0) is 13.7. The normalized spacial score (nSPS) is 29.5. The van der Waals surface area contributed by atoms with Crippen molar-refractivity contribution in [1.29, 1.82) is 0 Å². The number of hydrogen-bond donors (Lipinski definition) is 1. The van der Waals surface area contributed by atoms with Crippen molar-refractivity contribution in [2.75, 3.05) is 53.5 Å². The van der Waals surface area contributed by atoms with Crippen LogP contribution in [0.2, 0.25) is 0 Å². The van der Waals surface area contributed by atoms with Gasteiger partial charge in [0.05, 0.1) is 0 Å². The highest BCUT2D eigenvalue weighted by molar-refractivity contribution is 4.93. The van der Waals surface area contributed by atoms with E-state index in [4.69, 9.17) is 4.74 Å². The van der Waals surface area contributed by atoms with E-state index >= 15 is 0 Å². The molecule has 2 aliphatic rings. The second-order valence-electron chi connectivity index (χ2n) is 6.24. The first-order valence-electron chi connectivity index (χ1n) is 7.92. The van der Waals surface area contributed by atoms with Gasteiger partial charge < -0.3 is 15.0 Å². The van der Waals surface area contributed by atoms with Crippen molar-refractivity contribution in [3.63, 3.8) is 0 Å². The Kier molecular flexibility index (Phi) is 6.07. The Hall–Kier alpha value is -0.160. The first-order chi connectivity index (χ1) is 9.22. The Balaban J connectivity index is 2.01. The molecule has 0 aliphatic carbocycles. The molecule has 0 saturated carbocycles. The smallest absolute Gasteiger partial charge is 0.0469 e. The zero-order valence-electron chi connectivity index (χ0n) is 12.9. The van der Waals surface area contributed by atoms with Gasteiger partial charge in [-0.1, -0.05) is 6.92 Å². The van der Waals surface area contributed by atoms with E-state index in [0.29, 0.717) is 12.1 Å². The summed E-state index contributed by atoms with van der Waals surface area (Å²) in [6.07, 6.45) is 3.65. The predicted octanol–water partition coefficient (Wildman–Crippen LogP) is 1.03. The van der Waals surface area contributed by atoms with E-state index in [1.807, 2.05) is 0 Å². The molecule has 2 heterocycles. The summed E-state index contributed by atoms with van der Waals surface area (Å²) in [6, 6.07) is 1.27. The fraction of sp³-hybridized carbons (Fsp3) is 1.00. The van der Waals surface area contributed by atoms with Crippen LogP contribution in [0.1, 0.15) is 26.2 Å². The summed E-state index contributed by atoms with van der Waals surface area (Å²) in [6.45, 7) is 8.86. The van der Waals surface area contributed by atoms with Crippen LogP contribution in [0.5, 0.6) is 0 Å². The Morgan fingerprint density at radius 1 is 1.21 bits per heavy atom. The fourth-order valence-electron chi connectivity index (χ4n) is 3.43. The van der Waals surface area contributed by atoms with E-state index < -0.39 is 0 Å². The van der Waals surface area contributed by atoms with Gasteiger partial charge in [0, 0.05) is 44.9 Å². The van der Waals surface area contributed by atoms with Gasteiger partial charge in [-0.05, 0) is 45.8 Å². The average molecular weight is 269 g/mol. The molecule has 1 N–H and O–H groups in total. The van der Waals surface area contributed by atoms with Crippen LogP contribution in [0.3, 0.4) is 0 Å². The van der Waals surface area contributed by atoms with Crippen LogP contribution >= 0.6 is 0 Å². The van der Waals surface area contributed by atoms with E-state index in [1.165, 1.54) is 38.9 Å². The van der Waals surface area contributed by atoms with Gasteiger partial charge in [0.15, 0.2) is 0 Å². The number of nitrogens with one attached hydrogen (secondary N) is 1. The lowest BCUT2D eigenvalue weighted by Crippen LogP contribution is -2.61. The van der Waals surface area contributed by atoms with Crippen LogP contribution in [0.4, 0.5) is 0 Å².